The smallest absolute Gasteiger partial charge is 0.323 e. The Bertz CT molecular complexity index is 1480. The first-order valence-electron chi connectivity index (χ1n) is 13.2. The van der Waals surface area contributed by atoms with Gasteiger partial charge in [0.15, 0.2) is 11.5 Å². The lowest BCUT2D eigenvalue weighted by molar-refractivity contribution is 0.114. The number of rotatable bonds is 8. The van der Waals surface area contributed by atoms with E-state index in [1.54, 1.807) is 32.5 Å². The molecule has 5 rings (SSSR count). The van der Waals surface area contributed by atoms with Crippen molar-refractivity contribution >= 4 is 28.3 Å². The molecule has 1 aliphatic rings. The molecule has 0 unspecified atom stereocenters. The van der Waals surface area contributed by atoms with Gasteiger partial charge in [-0.2, -0.15) is 0 Å². The summed E-state index contributed by atoms with van der Waals surface area (Å²) in [6.07, 6.45) is 3.94. The predicted molar refractivity (Wildman–Crippen MR) is 156 cm³/mol. The van der Waals surface area contributed by atoms with E-state index in [9.17, 15) is 4.79 Å². The summed E-state index contributed by atoms with van der Waals surface area (Å²) in [7, 11) is 5.30. The van der Waals surface area contributed by atoms with E-state index in [0.717, 1.165) is 42.6 Å². The average Bonchev–Trinajstić information content (AvgIpc) is 2.96. The Balaban J connectivity index is 1.24. The largest absolute Gasteiger partial charge is 0.493 e. The minimum absolute atomic E-state index is 0.228. The minimum Gasteiger partial charge on any atom is -0.493 e. The molecule has 3 aromatic carbocycles. The highest BCUT2D eigenvalue weighted by atomic mass is 16.5. The number of benzene rings is 3. The van der Waals surface area contributed by atoms with Crippen LogP contribution in [0.4, 0.5) is 16.2 Å². The number of hydrogen-bond acceptors (Lipinski definition) is 7. The molecule has 0 radical (unpaired) electrons. The number of anilines is 2. The van der Waals surface area contributed by atoms with Crippen molar-refractivity contribution < 1.29 is 23.7 Å². The number of amides is 2. The summed E-state index contributed by atoms with van der Waals surface area (Å²) in [4.78, 5) is 19.5. The van der Waals surface area contributed by atoms with Crippen LogP contribution in [-0.2, 0) is 0 Å². The standard InChI is InChI=1S/C31H34N4O5/c1-20-5-6-22(17-28(20)40-27-11-14-32-26-19-30(38-4)29(37-3)18-25(26)27)34-31(36)33-21-7-9-23(10-8-21)39-24-12-15-35(2)16-13-24/h5-11,14,17-19,24H,12-13,15-16H2,1-4H3,(H2,33,34,36). The third-order valence-corrected chi connectivity index (χ3v) is 6.95. The molecule has 2 N–H and O–H groups in total. The summed E-state index contributed by atoms with van der Waals surface area (Å²) in [6.45, 7) is 4.03. The molecular formula is C31H34N4O5. The Morgan fingerprint density at radius 2 is 1.52 bits per heavy atom. The second-order valence-corrected chi connectivity index (χ2v) is 9.84. The maximum atomic E-state index is 12.7. The van der Waals surface area contributed by atoms with Crippen LogP contribution in [0.25, 0.3) is 10.9 Å². The van der Waals surface area contributed by atoms with Crippen LogP contribution in [0.15, 0.2) is 66.9 Å². The Labute approximate surface area is 234 Å². The quantitative estimate of drug-likeness (QED) is 0.264. The van der Waals surface area contributed by atoms with Crippen molar-refractivity contribution in [2.75, 3.05) is 45.0 Å². The summed E-state index contributed by atoms with van der Waals surface area (Å²) in [5, 5.41) is 6.53. The van der Waals surface area contributed by atoms with E-state index >= 15 is 0 Å². The number of nitrogens with one attached hydrogen (secondary N) is 2. The molecule has 1 fully saturated rings. The number of nitrogens with zero attached hydrogens (tertiary/aromatic N) is 2. The number of carbonyl (C=O) groups excluding carboxylic acids is 1. The Morgan fingerprint density at radius 1 is 0.850 bits per heavy atom. The Kier molecular flexibility index (Phi) is 8.21. The third kappa shape index (κ3) is 6.38. The molecule has 4 aromatic rings. The van der Waals surface area contributed by atoms with Crippen LogP contribution in [0.2, 0.25) is 0 Å². The number of likely N-dealkylation sites (tertiary alicyclic amines) is 1. The highest BCUT2D eigenvalue weighted by Crippen LogP contribution is 2.38. The van der Waals surface area contributed by atoms with Crippen molar-refractivity contribution in [1.29, 1.82) is 0 Å². The number of aryl methyl sites for hydroxylation is 1. The highest BCUT2D eigenvalue weighted by Gasteiger charge is 2.18. The molecule has 1 aliphatic heterocycles. The van der Waals surface area contributed by atoms with Gasteiger partial charge in [-0.3, -0.25) is 4.98 Å². The first kappa shape index (κ1) is 27.1. The van der Waals surface area contributed by atoms with Gasteiger partial charge in [-0.25, -0.2) is 4.79 Å². The third-order valence-electron chi connectivity index (χ3n) is 6.95. The summed E-state index contributed by atoms with van der Waals surface area (Å²) in [5.41, 5.74) is 2.89. The lowest BCUT2D eigenvalue weighted by Crippen LogP contribution is -2.35. The highest BCUT2D eigenvalue weighted by molar-refractivity contribution is 6.00. The van der Waals surface area contributed by atoms with E-state index in [-0.39, 0.29) is 12.1 Å². The molecule has 0 atom stereocenters. The predicted octanol–water partition coefficient (Wildman–Crippen LogP) is 6.47. The molecule has 0 aliphatic carbocycles. The number of piperidine rings is 1. The SMILES string of the molecule is COc1cc2nccc(Oc3cc(NC(=O)Nc4ccc(OC5CCN(C)CC5)cc4)ccc3C)c2cc1OC. The fraction of sp³-hybridized carbons (Fsp3) is 0.290. The maximum Gasteiger partial charge on any atom is 0.323 e. The second-order valence-electron chi connectivity index (χ2n) is 9.84. The van der Waals surface area contributed by atoms with Crippen LogP contribution in [0.3, 0.4) is 0 Å². The van der Waals surface area contributed by atoms with E-state index in [1.807, 2.05) is 55.5 Å². The minimum atomic E-state index is -0.356. The molecule has 9 heteroatoms. The van der Waals surface area contributed by atoms with E-state index in [0.29, 0.717) is 39.9 Å². The van der Waals surface area contributed by atoms with Gasteiger partial charge in [-0.1, -0.05) is 6.07 Å². The average molecular weight is 543 g/mol. The number of carbonyl (C=O) groups is 1. The number of aromatic nitrogens is 1. The molecule has 0 saturated carbocycles. The van der Waals surface area contributed by atoms with Gasteiger partial charge in [0, 0.05) is 48.2 Å². The van der Waals surface area contributed by atoms with Crippen LogP contribution in [-0.4, -0.2) is 56.4 Å². The van der Waals surface area contributed by atoms with Crippen molar-refractivity contribution in [2.45, 2.75) is 25.9 Å². The van der Waals surface area contributed by atoms with Crippen molar-refractivity contribution in [3.63, 3.8) is 0 Å². The molecule has 40 heavy (non-hydrogen) atoms. The molecule has 0 spiro atoms. The Hall–Kier alpha value is -4.50. The van der Waals surface area contributed by atoms with Crippen LogP contribution in [0.5, 0.6) is 28.7 Å². The van der Waals surface area contributed by atoms with E-state index in [1.165, 1.54) is 0 Å². The topological polar surface area (TPSA) is 94.2 Å². The second kappa shape index (κ2) is 12.1. The maximum absolute atomic E-state index is 12.7. The van der Waals surface area contributed by atoms with E-state index in [4.69, 9.17) is 18.9 Å². The normalized spacial score (nSPS) is 14.0. The molecule has 2 heterocycles. The molecule has 2 amide bonds. The van der Waals surface area contributed by atoms with Gasteiger partial charge >= 0.3 is 6.03 Å². The lowest BCUT2D eigenvalue weighted by Gasteiger charge is -2.29. The monoisotopic (exact) mass is 542 g/mol. The van der Waals surface area contributed by atoms with Crippen LogP contribution >= 0.6 is 0 Å². The van der Waals surface area contributed by atoms with Crippen LogP contribution < -0.4 is 29.6 Å². The first-order chi connectivity index (χ1) is 19.4. The van der Waals surface area contributed by atoms with Gasteiger partial charge in [-0.15, -0.1) is 0 Å². The van der Waals surface area contributed by atoms with Crippen molar-refractivity contribution in [3.05, 3.63) is 72.4 Å². The number of hydrogen-bond donors (Lipinski definition) is 2. The van der Waals surface area contributed by atoms with Gasteiger partial charge < -0.3 is 34.5 Å². The Morgan fingerprint density at radius 3 is 2.25 bits per heavy atom. The molecule has 1 aromatic heterocycles. The molecule has 9 nitrogen and oxygen atoms in total. The first-order valence-corrected chi connectivity index (χ1v) is 13.2. The van der Waals surface area contributed by atoms with Gasteiger partial charge in [0.25, 0.3) is 0 Å². The van der Waals surface area contributed by atoms with E-state index < -0.39 is 0 Å². The van der Waals surface area contributed by atoms with Crippen molar-refractivity contribution in [3.8, 4) is 28.7 Å². The zero-order chi connectivity index (χ0) is 28.1. The van der Waals surface area contributed by atoms with Crippen molar-refractivity contribution in [1.82, 2.24) is 9.88 Å². The summed E-state index contributed by atoms with van der Waals surface area (Å²) in [5.74, 6) is 3.19. The van der Waals surface area contributed by atoms with Gasteiger partial charge in [0.2, 0.25) is 0 Å². The molecule has 1 saturated heterocycles. The lowest BCUT2D eigenvalue weighted by atomic mass is 10.1. The van der Waals surface area contributed by atoms with Crippen LogP contribution in [0, 0.1) is 6.92 Å². The molecular weight excluding hydrogens is 508 g/mol. The number of ether oxygens (including phenoxy) is 4. The fourth-order valence-corrected chi connectivity index (χ4v) is 4.65. The zero-order valence-electron chi connectivity index (χ0n) is 23.2. The summed E-state index contributed by atoms with van der Waals surface area (Å²) in [6, 6.07) is 18.0. The van der Waals surface area contributed by atoms with Gasteiger partial charge in [0.1, 0.15) is 23.4 Å². The van der Waals surface area contributed by atoms with Gasteiger partial charge in [-0.05, 0) is 74.8 Å². The number of methoxy groups -OCH3 is 2. The number of pyridine rings is 1. The van der Waals surface area contributed by atoms with E-state index in [2.05, 4.69) is 27.6 Å². The molecule has 208 valence electrons. The number of urea groups is 1. The van der Waals surface area contributed by atoms with Gasteiger partial charge in [0.05, 0.1) is 19.7 Å². The summed E-state index contributed by atoms with van der Waals surface area (Å²) < 4.78 is 23.2. The van der Waals surface area contributed by atoms with Crippen LogP contribution in [0.1, 0.15) is 18.4 Å². The van der Waals surface area contributed by atoms with Crippen molar-refractivity contribution in [2.24, 2.45) is 0 Å². The summed E-state index contributed by atoms with van der Waals surface area (Å²) >= 11 is 0. The molecule has 0 bridgehead atoms. The zero-order valence-corrected chi connectivity index (χ0v) is 23.2. The number of fused-ring (bicyclic) bond motifs is 1. The fourth-order valence-electron chi connectivity index (χ4n) is 4.65.